The number of carbonyl (C=O) groups excluding carboxylic acids is 1. The minimum Gasteiger partial charge on any atom is -0.351 e. The highest BCUT2D eigenvalue weighted by Gasteiger charge is 2.62. The van der Waals surface area contributed by atoms with E-state index >= 15 is 0 Å². The van der Waals surface area contributed by atoms with Gasteiger partial charge in [0.25, 0.3) is 0 Å². The van der Waals surface area contributed by atoms with Crippen molar-refractivity contribution in [3.05, 3.63) is 0 Å². The number of carbonyl (C=O) groups is 1. The molecule has 1 aliphatic rings. The summed E-state index contributed by atoms with van der Waals surface area (Å²) in [6.07, 6.45) is 0.748. The van der Waals surface area contributed by atoms with E-state index in [4.69, 9.17) is 9.47 Å². The fraction of sp³-hybridized carbons (Fsp3) is 0.900. The summed E-state index contributed by atoms with van der Waals surface area (Å²) in [5.74, 6) is -0.801. The van der Waals surface area contributed by atoms with E-state index in [9.17, 15) is 4.79 Å². The third-order valence-corrected chi connectivity index (χ3v) is 6.41. The van der Waals surface area contributed by atoms with Crippen LogP contribution in [0.2, 0.25) is 0 Å². The fourth-order valence-corrected chi connectivity index (χ4v) is 3.24. The Kier molecular flexibility index (Phi) is 3.71. The van der Waals surface area contributed by atoms with Crippen molar-refractivity contribution in [2.45, 2.75) is 35.7 Å². The van der Waals surface area contributed by atoms with Gasteiger partial charge in [0.15, 0.2) is 0 Å². The van der Waals surface area contributed by atoms with Gasteiger partial charge in [-0.15, -0.1) is 0 Å². The highest BCUT2D eigenvalue weighted by atomic mass is 79.9. The van der Waals surface area contributed by atoms with E-state index in [1.54, 1.807) is 14.2 Å². The van der Waals surface area contributed by atoms with Crippen LogP contribution in [-0.4, -0.2) is 29.0 Å². The molecule has 1 fully saturated rings. The second-order valence-electron chi connectivity index (χ2n) is 4.51. The third-order valence-electron chi connectivity index (χ3n) is 3.06. The molecular formula is C10H16Br2O3. The van der Waals surface area contributed by atoms with Crippen LogP contribution in [0.5, 0.6) is 0 Å². The Morgan fingerprint density at radius 1 is 1.13 bits per heavy atom. The molecule has 0 unspecified atom stereocenters. The van der Waals surface area contributed by atoms with Crippen LogP contribution in [-0.2, 0) is 14.3 Å². The SMILES string of the molecule is COC1(OC)CC(=O)CC(C)(C)C1(Br)Br. The standard InChI is InChI=1S/C10H16Br2O3/c1-8(2)5-7(13)6-9(14-3,15-4)10(8,11)12/h5-6H2,1-4H3. The number of alkyl halides is 2. The number of rotatable bonds is 2. The zero-order valence-corrected chi connectivity index (χ0v) is 12.6. The maximum atomic E-state index is 11.7. The second kappa shape index (κ2) is 4.09. The molecule has 1 rings (SSSR count). The first-order chi connectivity index (χ1) is 6.72. The summed E-state index contributed by atoms with van der Waals surface area (Å²) in [5.41, 5.74) is -0.283. The molecule has 88 valence electrons. The average molecular weight is 344 g/mol. The van der Waals surface area contributed by atoms with Gasteiger partial charge in [0.1, 0.15) is 9.02 Å². The molecule has 1 aliphatic carbocycles. The first-order valence-electron chi connectivity index (χ1n) is 4.72. The van der Waals surface area contributed by atoms with Crippen LogP contribution in [0.4, 0.5) is 0 Å². The number of ketones is 1. The monoisotopic (exact) mass is 342 g/mol. The Hall–Kier alpha value is 0.550. The molecule has 0 heterocycles. The second-order valence-corrected chi connectivity index (χ2v) is 7.95. The van der Waals surface area contributed by atoms with E-state index in [1.807, 2.05) is 13.8 Å². The summed E-state index contributed by atoms with van der Waals surface area (Å²) in [6.45, 7) is 4.00. The van der Waals surface area contributed by atoms with E-state index in [0.717, 1.165) is 0 Å². The number of hydrogen-bond acceptors (Lipinski definition) is 3. The van der Waals surface area contributed by atoms with Crippen LogP contribution < -0.4 is 0 Å². The quantitative estimate of drug-likeness (QED) is 0.571. The Bertz CT molecular complexity index is 270. The van der Waals surface area contributed by atoms with Gasteiger partial charge in [0.2, 0.25) is 5.79 Å². The van der Waals surface area contributed by atoms with E-state index < -0.39 is 9.02 Å². The summed E-state index contributed by atoms with van der Waals surface area (Å²) < 4.78 is 10.3. The van der Waals surface area contributed by atoms with Gasteiger partial charge in [-0.1, -0.05) is 45.7 Å². The van der Waals surface area contributed by atoms with Crippen LogP contribution in [0.3, 0.4) is 0 Å². The smallest absolute Gasteiger partial charge is 0.200 e. The molecular weight excluding hydrogens is 328 g/mol. The van der Waals surface area contributed by atoms with E-state index in [-0.39, 0.29) is 17.6 Å². The first kappa shape index (κ1) is 13.6. The Labute approximate surface area is 107 Å². The molecule has 0 bridgehead atoms. The van der Waals surface area contributed by atoms with Gasteiger partial charge < -0.3 is 9.47 Å². The zero-order chi connectivity index (χ0) is 11.9. The van der Waals surface area contributed by atoms with Gasteiger partial charge in [-0.05, 0) is 0 Å². The zero-order valence-electron chi connectivity index (χ0n) is 9.39. The van der Waals surface area contributed by atoms with Crippen molar-refractivity contribution in [1.82, 2.24) is 0 Å². The molecule has 3 nitrogen and oxygen atoms in total. The summed E-state index contributed by atoms with van der Waals surface area (Å²) in [6, 6.07) is 0. The van der Waals surface area contributed by atoms with Crippen molar-refractivity contribution < 1.29 is 14.3 Å². The van der Waals surface area contributed by atoms with Crippen LogP contribution in [0, 0.1) is 5.41 Å². The normalized spacial score (nSPS) is 27.7. The molecule has 0 amide bonds. The Balaban J connectivity index is 3.20. The molecule has 0 N–H and O–H groups in total. The molecule has 0 aromatic heterocycles. The highest BCUT2D eigenvalue weighted by molar-refractivity contribution is 9.25. The molecule has 1 saturated carbocycles. The Morgan fingerprint density at radius 2 is 1.60 bits per heavy atom. The molecule has 5 heteroatoms. The lowest BCUT2D eigenvalue weighted by molar-refractivity contribution is -0.234. The molecule has 15 heavy (non-hydrogen) atoms. The van der Waals surface area contributed by atoms with Gasteiger partial charge in [-0.3, -0.25) is 4.79 Å². The third kappa shape index (κ3) is 1.92. The van der Waals surface area contributed by atoms with Crippen LogP contribution in [0.15, 0.2) is 0 Å². The molecule has 0 spiro atoms. The van der Waals surface area contributed by atoms with E-state index in [1.165, 1.54) is 0 Å². The number of Topliss-reactive ketones (excluding diaryl/α,β-unsaturated/α-hetero) is 1. The maximum absolute atomic E-state index is 11.7. The molecule has 0 aromatic carbocycles. The molecule has 0 atom stereocenters. The molecule has 0 aromatic rings. The van der Waals surface area contributed by atoms with E-state index in [2.05, 4.69) is 31.9 Å². The van der Waals surface area contributed by atoms with Crippen molar-refractivity contribution in [1.29, 1.82) is 0 Å². The lowest BCUT2D eigenvalue weighted by atomic mass is 9.73. The van der Waals surface area contributed by atoms with Crippen molar-refractivity contribution in [3.8, 4) is 0 Å². The maximum Gasteiger partial charge on any atom is 0.200 e. The Morgan fingerprint density at radius 3 is 2.00 bits per heavy atom. The van der Waals surface area contributed by atoms with Crippen molar-refractivity contribution in [2.24, 2.45) is 5.41 Å². The van der Waals surface area contributed by atoms with E-state index in [0.29, 0.717) is 6.42 Å². The molecule has 0 radical (unpaired) electrons. The number of ether oxygens (including phenoxy) is 2. The minimum atomic E-state index is -0.953. The van der Waals surface area contributed by atoms with Crippen LogP contribution >= 0.6 is 31.9 Å². The summed E-state index contributed by atoms with van der Waals surface area (Å²) >= 11 is 7.20. The topological polar surface area (TPSA) is 35.5 Å². The minimum absolute atomic E-state index is 0.151. The highest BCUT2D eigenvalue weighted by Crippen LogP contribution is 2.58. The lowest BCUT2D eigenvalue weighted by Gasteiger charge is -2.52. The molecule has 0 saturated heterocycles. The van der Waals surface area contributed by atoms with Crippen molar-refractivity contribution in [2.75, 3.05) is 14.2 Å². The first-order valence-corrected chi connectivity index (χ1v) is 6.31. The fourth-order valence-electron chi connectivity index (χ4n) is 2.04. The predicted molar refractivity (Wildman–Crippen MR) is 65.4 cm³/mol. The van der Waals surface area contributed by atoms with Gasteiger partial charge in [-0.25, -0.2) is 0 Å². The van der Waals surface area contributed by atoms with Crippen LogP contribution in [0.1, 0.15) is 26.7 Å². The van der Waals surface area contributed by atoms with Crippen molar-refractivity contribution in [3.63, 3.8) is 0 Å². The van der Waals surface area contributed by atoms with Gasteiger partial charge >= 0.3 is 0 Å². The van der Waals surface area contributed by atoms with Crippen molar-refractivity contribution >= 4 is 37.6 Å². The van der Waals surface area contributed by atoms with Crippen LogP contribution in [0.25, 0.3) is 0 Å². The summed E-state index contributed by atoms with van der Waals surface area (Å²) in [4.78, 5) is 11.7. The van der Waals surface area contributed by atoms with Gasteiger partial charge in [-0.2, -0.15) is 0 Å². The van der Waals surface area contributed by atoms with Gasteiger partial charge in [0, 0.05) is 26.1 Å². The lowest BCUT2D eigenvalue weighted by Crippen LogP contribution is -2.61. The number of halogens is 2. The largest absolute Gasteiger partial charge is 0.351 e. The molecule has 0 aliphatic heterocycles. The summed E-state index contributed by atoms with van der Waals surface area (Å²) in [5, 5.41) is 0. The number of hydrogen-bond donors (Lipinski definition) is 0. The average Bonchev–Trinajstić information content (AvgIpc) is 2.11. The number of methoxy groups -OCH3 is 2. The summed E-state index contributed by atoms with van der Waals surface area (Å²) in [7, 11) is 3.10. The van der Waals surface area contributed by atoms with Gasteiger partial charge in [0.05, 0.1) is 6.42 Å². The predicted octanol–water partition coefficient (Wildman–Crippen LogP) is 2.85.